The largest absolute Gasteiger partial charge is 0.469 e. The molecular formula is C11H17N3O4S. The number of hydrogen-bond donors (Lipinski definition) is 0. The van der Waals surface area contributed by atoms with Crippen molar-refractivity contribution >= 4 is 23.4 Å². The normalized spacial score (nSPS) is 12.2. The van der Waals surface area contributed by atoms with E-state index in [4.69, 9.17) is 0 Å². The van der Waals surface area contributed by atoms with Crippen LogP contribution < -0.4 is 0 Å². The first kappa shape index (κ1) is 15.5. The maximum absolute atomic E-state index is 11.3. The second-order valence-electron chi connectivity index (χ2n) is 4.05. The molecule has 1 aromatic heterocycles. The van der Waals surface area contributed by atoms with Crippen LogP contribution >= 0.6 is 11.8 Å². The van der Waals surface area contributed by atoms with Gasteiger partial charge in [0, 0.05) is 12.3 Å². The summed E-state index contributed by atoms with van der Waals surface area (Å²) < 4.78 is 6.22. The van der Waals surface area contributed by atoms with Crippen molar-refractivity contribution in [1.29, 1.82) is 0 Å². The Balaban J connectivity index is 2.93. The smallest absolute Gasteiger partial charge is 0.323 e. The summed E-state index contributed by atoms with van der Waals surface area (Å²) in [5, 5.41) is 15.7. The Bertz CT molecular complexity index is 487. The zero-order chi connectivity index (χ0) is 14.6. The molecule has 1 heterocycles. The molecule has 0 saturated heterocycles. The molecule has 1 aromatic rings. The quantitative estimate of drug-likeness (QED) is 0.344. The minimum atomic E-state index is -0.431. The molecule has 0 radical (unpaired) electrons. The van der Waals surface area contributed by atoms with E-state index in [0.29, 0.717) is 23.0 Å². The monoisotopic (exact) mass is 287 g/mol. The third-order valence-corrected chi connectivity index (χ3v) is 3.95. The Labute approximate surface area is 115 Å². The fourth-order valence-corrected chi connectivity index (χ4v) is 2.81. The highest BCUT2D eigenvalue weighted by Crippen LogP contribution is 2.33. The van der Waals surface area contributed by atoms with Gasteiger partial charge in [-0.3, -0.25) is 19.6 Å². The van der Waals surface area contributed by atoms with Crippen LogP contribution in [-0.4, -0.2) is 33.5 Å². The first-order chi connectivity index (χ1) is 8.92. The fourth-order valence-electron chi connectivity index (χ4n) is 1.59. The van der Waals surface area contributed by atoms with Gasteiger partial charge in [0.1, 0.15) is 5.69 Å². The van der Waals surface area contributed by atoms with Gasteiger partial charge in [-0.05, 0) is 13.8 Å². The number of rotatable bonds is 6. The van der Waals surface area contributed by atoms with Crippen molar-refractivity contribution in [1.82, 2.24) is 9.78 Å². The molecule has 19 heavy (non-hydrogen) atoms. The summed E-state index contributed by atoms with van der Waals surface area (Å²) in [5.41, 5.74) is 0.406. The minimum Gasteiger partial charge on any atom is -0.469 e. The van der Waals surface area contributed by atoms with Gasteiger partial charge in [0.25, 0.3) is 0 Å². The van der Waals surface area contributed by atoms with Gasteiger partial charge >= 0.3 is 11.7 Å². The lowest BCUT2D eigenvalue weighted by molar-refractivity contribution is -0.388. The first-order valence-electron chi connectivity index (χ1n) is 5.84. The highest BCUT2D eigenvalue weighted by Gasteiger charge is 2.26. The number of hydrogen-bond acceptors (Lipinski definition) is 6. The lowest BCUT2D eigenvalue weighted by Crippen LogP contribution is -2.15. The van der Waals surface area contributed by atoms with Crippen LogP contribution in [0.5, 0.6) is 0 Å². The summed E-state index contributed by atoms with van der Waals surface area (Å²) in [5.74, 6) is -0.233. The summed E-state index contributed by atoms with van der Waals surface area (Å²) in [4.78, 5) is 21.9. The van der Waals surface area contributed by atoms with Crippen LogP contribution in [0.15, 0.2) is 5.03 Å². The Hall–Kier alpha value is -1.57. The van der Waals surface area contributed by atoms with E-state index >= 15 is 0 Å². The number of aryl methyl sites for hydroxylation is 2. The van der Waals surface area contributed by atoms with Crippen molar-refractivity contribution in [2.24, 2.45) is 5.92 Å². The van der Waals surface area contributed by atoms with Gasteiger partial charge in [-0.1, -0.05) is 18.7 Å². The average Bonchev–Trinajstić information content (AvgIpc) is 2.70. The van der Waals surface area contributed by atoms with Crippen molar-refractivity contribution in [3.05, 3.63) is 15.8 Å². The molecule has 0 aliphatic heterocycles. The van der Waals surface area contributed by atoms with Crippen LogP contribution in [0.25, 0.3) is 0 Å². The van der Waals surface area contributed by atoms with E-state index in [1.165, 1.54) is 18.9 Å². The van der Waals surface area contributed by atoms with Gasteiger partial charge in [0.05, 0.1) is 18.0 Å². The van der Waals surface area contributed by atoms with E-state index < -0.39 is 4.92 Å². The molecule has 7 nitrogen and oxygen atoms in total. The fraction of sp³-hybridized carbons (Fsp3) is 0.636. The minimum absolute atomic E-state index is 0.0175. The molecule has 0 saturated carbocycles. The number of nitro groups is 1. The predicted molar refractivity (Wildman–Crippen MR) is 71.2 cm³/mol. The van der Waals surface area contributed by atoms with Gasteiger partial charge in [-0.15, -0.1) is 0 Å². The van der Waals surface area contributed by atoms with E-state index in [9.17, 15) is 14.9 Å². The topological polar surface area (TPSA) is 87.3 Å². The van der Waals surface area contributed by atoms with Gasteiger partial charge in [-0.25, -0.2) is 0 Å². The van der Waals surface area contributed by atoms with E-state index in [0.717, 1.165) is 0 Å². The second-order valence-corrected chi connectivity index (χ2v) is 5.06. The SMILES string of the molecule is CCn1nc(C)c([N+](=O)[O-])c1SCC(C)C(=O)OC. The first-order valence-corrected chi connectivity index (χ1v) is 6.83. The molecule has 0 aliphatic carbocycles. The number of thioether (sulfide) groups is 1. The lowest BCUT2D eigenvalue weighted by atomic mass is 10.2. The summed E-state index contributed by atoms with van der Waals surface area (Å²) in [6.45, 7) is 5.75. The molecule has 0 bridgehead atoms. The zero-order valence-corrected chi connectivity index (χ0v) is 12.2. The van der Waals surface area contributed by atoms with Crippen LogP contribution in [-0.2, 0) is 16.1 Å². The summed E-state index contributed by atoms with van der Waals surface area (Å²) >= 11 is 1.26. The summed E-state index contributed by atoms with van der Waals surface area (Å²) in [7, 11) is 1.33. The zero-order valence-electron chi connectivity index (χ0n) is 11.4. The number of nitrogens with zero attached hydrogens (tertiary/aromatic N) is 3. The van der Waals surface area contributed by atoms with Crippen LogP contribution in [0.1, 0.15) is 19.5 Å². The summed E-state index contributed by atoms with van der Waals surface area (Å²) in [6.07, 6.45) is 0. The van der Waals surface area contributed by atoms with Crippen LogP contribution in [0.2, 0.25) is 0 Å². The molecule has 1 unspecified atom stereocenters. The Morgan fingerprint density at radius 2 is 2.26 bits per heavy atom. The second kappa shape index (κ2) is 6.55. The van der Waals surface area contributed by atoms with Crippen molar-refractivity contribution in [2.75, 3.05) is 12.9 Å². The molecule has 0 N–H and O–H groups in total. The van der Waals surface area contributed by atoms with Crippen LogP contribution in [0.3, 0.4) is 0 Å². The molecule has 0 aromatic carbocycles. The standard InChI is InChI=1S/C11H17N3O4S/c1-5-13-10(9(14(16)17)8(3)12-13)19-6-7(2)11(15)18-4/h7H,5-6H2,1-4H3. The molecule has 0 fully saturated rings. The maximum Gasteiger partial charge on any atom is 0.323 e. The molecular weight excluding hydrogens is 270 g/mol. The maximum atomic E-state index is 11.3. The highest BCUT2D eigenvalue weighted by atomic mass is 32.2. The predicted octanol–water partition coefficient (Wildman–Crippen LogP) is 2.02. The average molecular weight is 287 g/mol. The van der Waals surface area contributed by atoms with Crippen molar-refractivity contribution in [3.8, 4) is 0 Å². The number of carbonyl (C=O) groups is 1. The number of esters is 1. The van der Waals surface area contributed by atoms with E-state index in [2.05, 4.69) is 9.84 Å². The highest BCUT2D eigenvalue weighted by molar-refractivity contribution is 7.99. The molecule has 1 atom stereocenters. The van der Waals surface area contributed by atoms with Gasteiger partial charge < -0.3 is 4.74 Å². The molecule has 0 aliphatic rings. The van der Waals surface area contributed by atoms with Crippen LogP contribution in [0, 0.1) is 23.0 Å². The summed E-state index contributed by atoms with van der Waals surface area (Å²) in [6, 6.07) is 0. The van der Waals surface area contributed by atoms with Crippen molar-refractivity contribution in [2.45, 2.75) is 32.3 Å². The van der Waals surface area contributed by atoms with Gasteiger partial charge in [-0.2, -0.15) is 5.10 Å². The molecule has 0 spiro atoms. The Morgan fingerprint density at radius 1 is 1.63 bits per heavy atom. The molecule has 8 heteroatoms. The third-order valence-electron chi connectivity index (χ3n) is 2.61. The van der Waals surface area contributed by atoms with E-state index in [-0.39, 0.29) is 17.6 Å². The number of ether oxygens (including phenoxy) is 1. The van der Waals surface area contributed by atoms with E-state index in [1.54, 1.807) is 18.5 Å². The molecule has 0 amide bonds. The number of carbonyl (C=O) groups excluding carboxylic acids is 1. The van der Waals surface area contributed by atoms with E-state index in [1.807, 2.05) is 6.92 Å². The van der Waals surface area contributed by atoms with Crippen molar-refractivity contribution in [3.63, 3.8) is 0 Å². The molecule has 1 rings (SSSR count). The Kier molecular flexibility index (Phi) is 5.34. The molecule has 106 valence electrons. The van der Waals surface area contributed by atoms with Crippen LogP contribution in [0.4, 0.5) is 5.69 Å². The number of aromatic nitrogens is 2. The third kappa shape index (κ3) is 3.46. The van der Waals surface area contributed by atoms with Gasteiger partial charge in [0.2, 0.25) is 0 Å². The Morgan fingerprint density at radius 3 is 2.74 bits per heavy atom. The lowest BCUT2D eigenvalue weighted by Gasteiger charge is -2.08. The van der Waals surface area contributed by atoms with Crippen molar-refractivity contribution < 1.29 is 14.5 Å². The van der Waals surface area contributed by atoms with Gasteiger partial charge in [0.15, 0.2) is 5.03 Å². The number of methoxy groups -OCH3 is 1.